The van der Waals surface area contributed by atoms with Gasteiger partial charge in [-0.05, 0) is 86.9 Å². The minimum Gasteiger partial charge on any atom is -0.477 e. The maximum absolute atomic E-state index is 15.4. The number of hydrogen-bond acceptors (Lipinski definition) is 13. The fourth-order valence-corrected chi connectivity index (χ4v) is 9.86. The number of carboxylic acid groups (broad SMARTS) is 1. The average Bonchev–Trinajstić information content (AvgIpc) is 4.02. The number of nitrogens with one attached hydrogen (secondary N) is 4. The molecule has 5 aromatic rings. The van der Waals surface area contributed by atoms with Crippen LogP contribution >= 0.6 is 0 Å². The van der Waals surface area contributed by atoms with Crippen LogP contribution in [-0.2, 0) is 33.9 Å². The molecule has 0 saturated carbocycles. The zero-order chi connectivity index (χ0) is 54.1. The smallest absolute Gasteiger partial charge is 0.410 e. The van der Waals surface area contributed by atoms with Crippen molar-refractivity contribution in [1.29, 1.82) is 0 Å². The number of pyridine rings is 1. The molecule has 2 aliphatic rings. The lowest BCUT2D eigenvalue weighted by molar-refractivity contribution is -0.138. The molecule has 76 heavy (non-hydrogen) atoms. The normalized spacial score (nSPS) is 15.1. The number of anilines is 2. The number of rotatable bonds is 28. The number of aromatic carboxylic acids is 1. The van der Waals surface area contributed by atoms with Gasteiger partial charge in [0.2, 0.25) is 17.2 Å². The highest BCUT2D eigenvalue weighted by Crippen LogP contribution is 2.28. The summed E-state index contributed by atoms with van der Waals surface area (Å²) < 4.78 is 24.6. The predicted molar refractivity (Wildman–Crippen MR) is 288 cm³/mol. The van der Waals surface area contributed by atoms with Crippen LogP contribution in [0.5, 0.6) is 0 Å². The Kier molecular flexibility index (Phi) is 20.3. The second-order valence-electron chi connectivity index (χ2n) is 19.9. The van der Waals surface area contributed by atoms with E-state index in [1.807, 2.05) is 48.1 Å². The summed E-state index contributed by atoms with van der Waals surface area (Å²) >= 11 is 0. The Hall–Kier alpha value is -7.39. The number of likely N-dealkylation sites (tertiary alicyclic amines) is 1. The van der Waals surface area contributed by atoms with Crippen molar-refractivity contribution < 1.29 is 38.2 Å². The molecule has 3 atom stereocenters. The molecule has 7 N–H and O–H groups in total. The third kappa shape index (κ3) is 15.4. The van der Waals surface area contributed by atoms with Crippen LogP contribution in [0, 0.1) is 11.7 Å². The number of carbonyl (C=O) groups excluding carboxylic acids is 4. The number of halogens is 1. The highest BCUT2D eigenvalue weighted by Gasteiger charge is 2.29. The number of fused-ring (bicyclic) bond motifs is 1. The topological polar surface area (TPSA) is 251 Å². The Labute approximate surface area is 442 Å². The summed E-state index contributed by atoms with van der Waals surface area (Å²) in [6.07, 6.45) is 9.37. The number of urea groups is 1. The van der Waals surface area contributed by atoms with Gasteiger partial charge in [-0.2, -0.15) is 0 Å². The first-order chi connectivity index (χ1) is 36.7. The molecule has 0 radical (unpaired) electrons. The van der Waals surface area contributed by atoms with Crippen LogP contribution in [-0.4, -0.2) is 129 Å². The van der Waals surface area contributed by atoms with E-state index < -0.39 is 34.9 Å². The molecule has 0 bridgehead atoms. The molecule has 2 saturated heterocycles. The zero-order valence-electron chi connectivity index (χ0n) is 43.8. The number of nitrogens with zero attached hydrogens (tertiary/aromatic N) is 7. The molecule has 0 unspecified atom stereocenters. The molecular formula is C55H73FN12O8. The van der Waals surface area contributed by atoms with Crippen molar-refractivity contribution in [2.75, 3.05) is 69.1 Å². The molecule has 3 aromatic carbocycles. The molecule has 2 aromatic heterocycles. The zero-order valence-corrected chi connectivity index (χ0v) is 43.8. The number of primary amides is 1. The van der Waals surface area contributed by atoms with Crippen molar-refractivity contribution >= 4 is 52.2 Å². The molecule has 2 aliphatic heterocycles. The van der Waals surface area contributed by atoms with Crippen LogP contribution < -0.4 is 37.3 Å². The number of nitrogens with two attached hydrogens (primary N) is 1. The fraction of sp³-hybridized carbons (Fsp3) is 0.491. The lowest BCUT2D eigenvalue weighted by atomic mass is 10.00. The van der Waals surface area contributed by atoms with Gasteiger partial charge in [-0.15, -0.1) is 5.10 Å². The first kappa shape index (κ1) is 56.3. The van der Waals surface area contributed by atoms with E-state index >= 15 is 4.39 Å². The summed E-state index contributed by atoms with van der Waals surface area (Å²) in [7, 11) is 0. The molecule has 0 aliphatic carbocycles. The van der Waals surface area contributed by atoms with E-state index in [1.165, 1.54) is 16.7 Å². The van der Waals surface area contributed by atoms with Crippen LogP contribution in [0.4, 0.5) is 25.4 Å². The first-order valence-corrected chi connectivity index (χ1v) is 26.6. The molecule has 20 nitrogen and oxygen atoms in total. The summed E-state index contributed by atoms with van der Waals surface area (Å²) in [6, 6.07) is 20.0. The summed E-state index contributed by atoms with van der Waals surface area (Å²) in [5.41, 5.74) is 8.60. The van der Waals surface area contributed by atoms with Gasteiger partial charge >= 0.3 is 18.1 Å². The van der Waals surface area contributed by atoms with E-state index in [9.17, 15) is 33.9 Å². The van der Waals surface area contributed by atoms with Crippen molar-refractivity contribution in [3.63, 3.8) is 0 Å². The van der Waals surface area contributed by atoms with Gasteiger partial charge < -0.3 is 51.2 Å². The largest absolute Gasteiger partial charge is 0.477 e. The third-order valence-electron chi connectivity index (χ3n) is 14.2. The van der Waals surface area contributed by atoms with Crippen molar-refractivity contribution in [1.82, 2.24) is 45.3 Å². The van der Waals surface area contributed by atoms with E-state index in [0.717, 1.165) is 61.7 Å². The van der Waals surface area contributed by atoms with E-state index in [4.69, 9.17) is 10.5 Å². The van der Waals surface area contributed by atoms with E-state index in [2.05, 4.69) is 69.7 Å². The molecule has 0 spiro atoms. The Bertz CT molecular complexity index is 2800. The van der Waals surface area contributed by atoms with E-state index in [-0.39, 0.29) is 66.6 Å². The molecule has 21 heteroatoms. The van der Waals surface area contributed by atoms with Crippen molar-refractivity contribution in [3.05, 3.63) is 118 Å². The number of imide groups is 1. The van der Waals surface area contributed by atoms with E-state index in [1.54, 1.807) is 20.4 Å². The number of benzene rings is 3. The van der Waals surface area contributed by atoms with Gasteiger partial charge in [-0.1, -0.05) is 74.4 Å². The van der Waals surface area contributed by atoms with Crippen LogP contribution in [0.2, 0.25) is 0 Å². The Morgan fingerprint density at radius 3 is 2.25 bits per heavy atom. The number of unbranched alkanes of at least 4 members (excludes halogenated alkanes) is 3. The number of aromatic nitrogens is 4. The average molecular weight is 1050 g/mol. The van der Waals surface area contributed by atoms with Crippen LogP contribution in [0.25, 0.3) is 10.9 Å². The minimum atomic E-state index is -1.37. The van der Waals surface area contributed by atoms with Crippen molar-refractivity contribution in [3.8, 4) is 0 Å². The summed E-state index contributed by atoms with van der Waals surface area (Å²) in [5.74, 6) is -1.93. The Morgan fingerprint density at radius 1 is 0.842 bits per heavy atom. The molecule has 2 fully saturated rings. The number of carboxylic acids is 1. The molecule has 7 rings (SSSR count). The maximum Gasteiger partial charge on any atom is 0.410 e. The number of ether oxygens (including phenoxy) is 1. The molecule has 4 heterocycles. The lowest BCUT2D eigenvalue weighted by Crippen LogP contribution is -2.49. The maximum atomic E-state index is 15.4. The van der Waals surface area contributed by atoms with Crippen LogP contribution in [0.15, 0.2) is 83.9 Å². The second-order valence-corrected chi connectivity index (χ2v) is 19.9. The lowest BCUT2D eigenvalue weighted by Gasteiger charge is -2.35. The van der Waals surface area contributed by atoms with Gasteiger partial charge in [0.15, 0.2) is 0 Å². The summed E-state index contributed by atoms with van der Waals surface area (Å²) in [5, 5.41) is 32.6. The second kappa shape index (κ2) is 27.4. The number of piperazine rings is 1. The number of carbonyl (C=O) groups is 5. The van der Waals surface area contributed by atoms with Gasteiger partial charge in [-0.3, -0.25) is 19.3 Å². The summed E-state index contributed by atoms with van der Waals surface area (Å²) in [4.78, 5) is 77.8. The van der Waals surface area contributed by atoms with Gasteiger partial charge in [0, 0.05) is 95.1 Å². The standard InChI is InChI=1S/C55H73FN12O8/c1-4-64-34-44(53(72)73)52(71)43-30-45(56)48(31-47(43)64)65-25-27-66(28-26-65)55(75)76-36-39-16-18-40(19-17-39)60-33-42(15-12-23-59-54(57)74)68-35-46(62-63-68)51(37(2)3)61-32-41(29-38-13-8-7-9-14-38)58-22-10-5-6-11-24-67-49(69)20-21-50(67)70/h7-9,13-14,16-19,30-31,34-35,37,41-42,51,58,60-61H,4-6,10-12,15,20-29,32-33,36H2,1-3H3,(H,72,73)(H3,57,59,74)/t41-,42+,51+/m1/s1. The van der Waals surface area contributed by atoms with Gasteiger partial charge in [0.05, 0.1) is 35.2 Å². The van der Waals surface area contributed by atoms with Crippen LogP contribution in [0.1, 0.15) is 111 Å². The highest BCUT2D eigenvalue weighted by atomic mass is 19.1. The Balaban J connectivity index is 0.900. The van der Waals surface area contributed by atoms with Gasteiger partial charge in [0.25, 0.3) is 0 Å². The molecule has 408 valence electrons. The molecular weight excluding hydrogens is 976 g/mol. The van der Waals surface area contributed by atoms with Gasteiger partial charge in [0.1, 0.15) is 18.0 Å². The highest BCUT2D eigenvalue weighted by molar-refractivity contribution is 6.01. The van der Waals surface area contributed by atoms with E-state index in [0.29, 0.717) is 77.0 Å². The van der Waals surface area contributed by atoms with Gasteiger partial charge in [-0.25, -0.2) is 23.5 Å². The minimum absolute atomic E-state index is 0.00441. The third-order valence-corrected chi connectivity index (χ3v) is 14.2. The van der Waals surface area contributed by atoms with Crippen molar-refractivity contribution in [2.24, 2.45) is 11.7 Å². The van der Waals surface area contributed by atoms with Crippen molar-refractivity contribution in [2.45, 2.75) is 110 Å². The first-order valence-electron chi connectivity index (χ1n) is 26.6. The monoisotopic (exact) mass is 1050 g/mol. The quantitative estimate of drug-likeness (QED) is 0.0241. The number of hydrogen-bond donors (Lipinski definition) is 6. The summed E-state index contributed by atoms with van der Waals surface area (Å²) in [6.45, 7) is 10.7. The number of aryl methyl sites for hydroxylation is 1. The molecule has 5 amide bonds. The van der Waals surface area contributed by atoms with Crippen LogP contribution in [0.3, 0.4) is 0 Å². The Morgan fingerprint density at radius 2 is 1.57 bits per heavy atom. The SMILES string of the molecule is CCn1cc(C(=O)O)c(=O)c2cc(F)c(N3CCN(C(=O)OCc4ccc(NC[C@H](CCCNC(N)=O)n5cc([C@@H](NC[C@@H](Cc6ccccc6)NCCCCCCN6C(=O)CCC6=O)C(C)C)nn5)cc4)CC3)cc21. The predicted octanol–water partition coefficient (Wildman–Crippen LogP) is 6.21. The number of amides is 5. The fourth-order valence-electron chi connectivity index (χ4n) is 9.86.